The average Bonchev–Trinajstić information content (AvgIpc) is 2.73. The Morgan fingerprint density at radius 3 is 1.65 bits per heavy atom. The summed E-state index contributed by atoms with van der Waals surface area (Å²) in [6.45, 7) is 8.00. The van der Waals surface area contributed by atoms with Crippen molar-refractivity contribution < 1.29 is 0 Å². The molecule has 2 rings (SSSR count). The Bertz CT molecular complexity index is 229. The predicted molar refractivity (Wildman–Crippen MR) is 79.6 cm³/mol. The minimum absolute atomic E-state index is 0.851. The topological polar surface area (TPSA) is 0 Å². The largest absolute Gasteiger partial charge is 0.0683 e. The van der Waals surface area contributed by atoms with Crippen molar-refractivity contribution in [3.63, 3.8) is 0 Å². The summed E-state index contributed by atoms with van der Waals surface area (Å²) in [4.78, 5) is 0. The van der Waals surface area contributed by atoms with E-state index in [1.54, 1.807) is 5.56 Å². The summed E-state index contributed by atoms with van der Waals surface area (Å²) in [5.74, 6) is 0.851. The molecule has 0 aliphatic heterocycles. The molecular formula is C17H30. The molecule has 17 heavy (non-hydrogen) atoms. The van der Waals surface area contributed by atoms with E-state index in [9.17, 15) is 0 Å². The SMILES string of the molecule is CC.CC.c1ccc(C2CCCCCC2)cc1. The minimum Gasteiger partial charge on any atom is -0.0683 e. The lowest BCUT2D eigenvalue weighted by Crippen LogP contribution is -1.95. The van der Waals surface area contributed by atoms with Crippen LogP contribution in [0.3, 0.4) is 0 Å². The molecule has 1 aromatic rings. The summed E-state index contributed by atoms with van der Waals surface area (Å²) in [7, 11) is 0. The standard InChI is InChI=1S/C13H18.2C2H6/c1-2-5-9-12(8-4-1)13-10-6-3-7-11-13;2*1-2/h3,6-7,10-12H,1-2,4-5,8-9H2;2*1-2H3. The first-order valence-corrected chi connectivity index (χ1v) is 7.52. The van der Waals surface area contributed by atoms with Crippen LogP contribution in [0.25, 0.3) is 0 Å². The zero-order valence-electron chi connectivity index (χ0n) is 12.2. The number of benzene rings is 1. The van der Waals surface area contributed by atoms with Crippen LogP contribution >= 0.6 is 0 Å². The van der Waals surface area contributed by atoms with E-state index in [-0.39, 0.29) is 0 Å². The van der Waals surface area contributed by atoms with E-state index in [0.717, 1.165) is 5.92 Å². The molecule has 0 amide bonds. The third kappa shape index (κ3) is 6.51. The Morgan fingerprint density at radius 1 is 0.706 bits per heavy atom. The van der Waals surface area contributed by atoms with Crippen LogP contribution in [0.1, 0.15) is 77.7 Å². The highest BCUT2D eigenvalue weighted by Crippen LogP contribution is 2.31. The second-order valence-corrected chi connectivity index (χ2v) is 4.10. The van der Waals surface area contributed by atoms with Gasteiger partial charge in [0, 0.05) is 0 Å². The summed E-state index contributed by atoms with van der Waals surface area (Å²) in [6, 6.07) is 11.0. The van der Waals surface area contributed by atoms with Crippen LogP contribution < -0.4 is 0 Å². The van der Waals surface area contributed by atoms with E-state index < -0.39 is 0 Å². The van der Waals surface area contributed by atoms with Gasteiger partial charge in [0.15, 0.2) is 0 Å². The summed E-state index contributed by atoms with van der Waals surface area (Å²) >= 11 is 0. The molecule has 1 aromatic carbocycles. The highest BCUT2D eigenvalue weighted by molar-refractivity contribution is 5.19. The fourth-order valence-corrected chi connectivity index (χ4v) is 2.34. The Balaban J connectivity index is 0.000000581. The number of hydrogen-bond donors (Lipinski definition) is 0. The normalized spacial score (nSPS) is 15.8. The Kier molecular flexibility index (Phi) is 11.2. The zero-order chi connectivity index (χ0) is 12.9. The Morgan fingerprint density at radius 2 is 1.18 bits per heavy atom. The lowest BCUT2D eigenvalue weighted by molar-refractivity contribution is 0.592. The highest BCUT2D eigenvalue weighted by atomic mass is 14.2. The molecule has 0 unspecified atom stereocenters. The van der Waals surface area contributed by atoms with E-state index in [2.05, 4.69) is 30.3 Å². The van der Waals surface area contributed by atoms with Gasteiger partial charge in [-0.2, -0.15) is 0 Å². The maximum Gasteiger partial charge on any atom is -0.0162 e. The second kappa shape index (κ2) is 11.7. The maximum atomic E-state index is 2.29. The van der Waals surface area contributed by atoms with Gasteiger partial charge < -0.3 is 0 Å². The highest BCUT2D eigenvalue weighted by Gasteiger charge is 2.13. The van der Waals surface area contributed by atoms with Crippen LogP contribution in [-0.2, 0) is 0 Å². The van der Waals surface area contributed by atoms with Gasteiger partial charge in [-0.1, -0.05) is 83.7 Å². The molecule has 1 fully saturated rings. The molecule has 1 aliphatic rings. The molecule has 0 N–H and O–H groups in total. The number of rotatable bonds is 1. The molecule has 0 heteroatoms. The van der Waals surface area contributed by atoms with E-state index in [4.69, 9.17) is 0 Å². The first-order chi connectivity index (χ1) is 8.47. The Labute approximate surface area is 108 Å². The second-order valence-electron chi connectivity index (χ2n) is 4.10. The Hall–Kier alpha value is -0.780. The molecule has 0 aromatic heterocycles. The van der Waals surface area contributed by atoms with Crippen LogP contribution in [0.2, 0.25) is 0 Å². The van der Waals surface area contributed by atoms with Crippen molar-refractivity contribution in [3.8, 4) is 0 Å². The molecule has 0 heterocycles. The van der Waals surface area contributed by atoms with Crippen LogP contribution in [-0.4, -0.2) is 0 Å². The van der Waals surface area contributed by atoms with E-state index in [1.165, 1.54) is 38.5 Å². The van der Waals surface area contributed by atoms with Crippen molar-refractivity contribution in [3.05, 3.63) is 35.9 Å². The van der Waals surface area contributed by atoms with Crippen molar-refractivity contribution in [1.82, 2.24) is 0 Å². The zero-order valence-corrected chi connectivity index (χ0v) is 12.2. The van der Waals surface area contributed by atoms with Gasteiger partial charge in [-0.05, 0) is 24.3 Å². The molecular weight excluding hydrogens is 204 g/mol. The van der Waals surface area contributed by atoms with Crippen LogP contribution in [0.15, 0.2) is 30.3 Å². The monoisotopic (exact) mass is 234 g/mol. The summed E-state index contributed by atoms with van der Waals surface area (Å²) < 4.78 is 0. The van der Waals surface area contributed by atoms with Gasteiger partial charge >= 0.3 is 0 Å². The minimum atomic E-state index is 0.851. The molecule has 0 atom stereocenters. The van der Waals surface area contributed by atoms with E-state index in [0.29, 0.717) is 0 Å². The average molecular weight is 234 g/mol. The maximum absolute atomic E-state index is 2.29. The van der Waals surface area contributed by atoms with Crippen molar-refractivity contribution in [2.24, 2.45) is 0 Å². The third-order valence-electron chi connectivity index (χ3n) is 3.13. The molecule has 0 bridgehead atoms. The van der Waals surface area contributed by atoms with Gasteiger partial charge in [0.1, 0.15) is 0 Å². The molecule has 1 aliphatic carbocycles. The van der Waals surface area contributed by atoms with Crippen molar-refractivity contribution in [1.29, 1.82) is 0 Å². The van der Waals surface area contributed by atoms with Crippen LogP contribution in [0.4, 0.5) is 0 Å². The smallest absolute Gasteiger partial charge is 0.0162 e. The summed E-state index contributed by atoms with van der Waals surface area (Å²) in [5, 5.41) is 0. The van der Waals surface area contributed by atoms with Gasteiger partial charge in [0.2, 0.25) is 0 Å². The lowest BCUT2D eigenvalue weighted by atomic mass is 9.92. The lowest BCUT2D eigenvalue weighted by Gasteiger charge is -2.13. The molecule has 98 valence electrons. The quantitative estimate of drug-likeness (QED) is 0.509. The molecule has 0 nitrogen and oxygen atoms in total. The fourth-order valence-electron chi connectivity index (χ4n) is 2.34. The van der Waals surface area contributed by atoms with Crippen molar-refractivity contribution in [2.45, 2.75) is 72.1 Å². The first-order valence-electron chi connectivity index (χ1n) is 7.52. The fraction of sp³-hybridized carbons (Fsp3) is 0.647. The van der Waals surface area contributed by atoms with Crippen molar-refractivity contribution in [2.75, 3.05) is 0 Å². The van der Waals surface area contributed by atoms with Gasteiger partial charge in [-0.25, -0.2) is 0 Å². The van der Waals surface area contributed by atoms with Gasteiger partial charge in [0.05, 0.1) is 0 Å². The third-order valence-corrected chi connectivity index (χ3v) is 3.13. The van der Waals surface area contributed by atoms with E-state index in [1.807, 2.05) is 27.7 Å². The molecule has 0 spiro atoms. The molecule has 1 saturated carbocycles. The predicted octanol–water partition coefficient (Wildman–Crippen LogP) is 6.18. The van der Waals surface area contributed by atoms with Crippen LogP contribution in [0, 0.1) is 0 Å². The van der Waals surface area contributed by atoms with Gasteiger partial charge in [-0.3, -0.25) is 0 Å². The van der Waals surface area contributed by atoms with Crippen molar-refractivity contribution >= 4 is 0 Å². The first kappa shape index (κ1) is 16.2. The van der Waals surface area contributed by atoms with E-state index >= 15 is 0 Å². The van der Waals surface area contributed by atoms with Gasteiger partial charge in [0.25, 0.3) is 0 Å². The molecule has 0 radical (unpaired) electrons. The molecule has 0 saturated heterocycles. The van der Waals surface area contributed by atoms with Gasteiger partial charge in [-0.15, -0.1) is 0 Å². The summed E-state index contributed by atoms with van der Waals surface area (Å²) in [6.07, 6.45) is 8.57. The summed E-state index contributed by atoms with van der Waals surface area (Å²) in [5.41, 5.74) is 1.56. The van der Waals surface area contributed by atoms with Crippen LogP contribution in [0.5, 0.6) is 0 Å². The number of hydrogen-bond acceptors (Lipinski definition) is 0.